The van der Waals surface area contributed by atoms with Gasteiger partial charge < -0.3 is 14.6 Å². The molecule has 0 bridgehead atoms. The molecule has 19 heavy (non-hydrogen) atoms. The second kappa shape index (κ2) is 6.80. The molecule has 1 saturated carbocycles. The predicted octanol–water partition coefficient (Wildman–Crippen LogP) is 3.71. The molecule has 106 valence electrons. The van der Waals surface area contributed by atoms with Gasteiger partial charge in [-0.05, 0) is 37.0 Å². The van der Waals surface area contributed by atoms with Crippen molar-refractivity contribution >= 4 is 0 Å². The SMILES string of the molecule is COc1ccc(OC)c(C(O)C2CCCCCC2)c1. The van der Waals surface area contributed by atoms with Crippen LogP contribution in [-0.4, -0.2) is 19.3 Å². The molecule has 0 heterocycles. The molecule has 1 aliphatic rings. The second-order valence-corrected chi connectivity index (χ2v) is 5.30. The minimum absolute atomic E-state index is 0.337. The van der Waals surface area contributed by atoms with Gasteiger partial charge in [-0.25, -0.2) is 0 Å². The molecule has 1 aliphatic carbocycles. The summed E-state index contributed by atoms with van der Waals surface area (Å²) in [5.41, 5.74) is 0.855. The highest BCUT2D eigenvalue weighted by molar-refractivity contribution is 5.41. The highest BCUT2D eigenvalue weighted by Gasteiger charge is 2.25. The van der Waals surface area contributed by atoms with Crippen LogP contribution in [0.25, 0.3) is 0 Å². The first-order chi connectivity index (χ1) is 9.26. The van der Waals surface area contributed by atoms with Gasteiger partial charge in [0.2, 0.25) is 0 Å². The van der Waals surface area contributed by atoms with Crippen LogP contribution in [0.4, 0.5) is 0 Å². The molecule has 0 radical (unpaired) electrons. The van der Waals surface area contributed by atoms with Gasteiger partial charge in [-0.2, -0.15) is 0 Å². The highest BCUT2D eigenvalue weighted by atomic mass is 16.5. The van der Waals surface area contributed by atoms with E-state index in [0.717, 1.165) is 29.9 Å². The number of ether oxygens (including phenoxy) is 2. The highest BCUT2D eigenvalue weighted by Crippen LogP contribution is 2.38. The molecule has 2 rings (SSSR count). The van der Waals surface area contributed by atoms with Crippen molar-refractivity contribution in [3.63, 3.8) is 0 Å². The summed E-state index contributed by atoms with van der Waals surface area (Å²) >= 11 is 0. The molecule has 0 spiro atoms. The lowest BCUT2D eigenvalue weighted by Gasteiger charge is -2.23. The summed E-state index contributed by atoms with van der Waals surface area (Å²) in [7, 11) is 3.29. The van der Waals surface area contributed by atoms with Crippen LogP contribution in [-0.2, 0) is 0 Å². The number of benzene rings is 1. The Morgan fingerprint density at radius 1 is 1.05 bits per heavy atom. The van der Waals surface area contributed by atoms with E-state index in [1.54, 1.807) is 14.2 Å². The maximum atomic E-state index is 10.7. The lowest BCUT2D eigenvalue weighted by Crippen LogP contribution is -2.13. The summed E-state index contributed by atoms with van der Waals surface area (Å²) in [5.74, 6) is 1.85. The summed E-state index contributed by atoms with van der Waals surface area (Å²) in [4.78, 5) is 0. The van der Waals surface area contributed by atoms with E-state index in [-0.39, 0.29) is 0 Å². The smallest absolute Gasteiger partial charge is 0.124 e. The zero-order valence-electron chi connectivity index (χ0n) is 11.9. The molecule has 0 amide bonds. The quantitative estimate of drug-likeness (QED) is 0.843. The molecule has 1 atom stereocenters. The normalized spacial score (nSPS) is 18.7. The monoisotopic (exact) mass is 264 g/mol. The lowest BCUT2D eigenvalue weighted by molar-refractivity contribution is 0.0958. The summed E-state index contributed by atoms with van der Waals surface area (Å²) in [6.07, 6.45) is 6.75. The molecular formula is C16H24O3. The molecule has 3 heteroatoms. The summed E-state index contributed by atoms with van der Waals surface area (Å²) < 4.78 is 10.6. The Balaban J connectivity index is 2.22. The van der Waals surface area contributed by atoms with Crippen LogP contribution in [0.5, 0.6) is 11.5 Å². The van der Waals surface area contributed by atoms with Gasteiger partial charge in [0, 0.05) is 5.56 Å². The van der Waals surface area contributed by atoms with E-state index >= 15 is 0 Å². The molecule has 0 saturated heterocycles. The maximum absolute atomic E-state index is 10.7. The first-order valence-corrected chi connectivity index (χ1v) is 7.16. The van der Waals surface area contributed by atoms with Crippen LogP contribution in [0, 0.1) is 5.92 Å². The Morgan fingerprint density at radius 2 is 1.74 bits per heavy atom. The van der Waals surface area contributed by atoms with Gasteiger partial charge >= 0.3 is 0 Å². The van der Waals surface area contributed by atoms with Crippen molar-refractivity contribution < 1.29 is 14.6 Å². The Labute approximate surface area is 115 Å². The predicted molar refractivity (Wildman–Crippen MR) is 75.7 cm³/mol. The first kappa shape index (κ1) is 14.2. The minimum Gasteiger partial charge on any atom is -0.497 e. The Morgan fingerprint density at radius 3 is 2.32 bits per heavy atom. The zero-order chi connectivity index (χ0) is 13.7. The Bertz CT molecular complexity index is 395. The van der Waals surface area contributed by atoms with E-state index in [1.807, 2.05) is 18.2 Å². The van der Waals surface area contributed by atoms with Crippen molar-refractivity contribution in [2.24, 2.45) is 5.92 Å². The third-order valence-electron chi connectivity index (χ3n) is 4.10. The number of hydrogen-bond acceptors (Lipinski definition) is 3. The topological polar surface area (TPSA) is 38.7 Å². The van der Waals surface area contributed by atoms with Crippen molar-refractivity contribution in [3.05, 3.63) is 23.8 Å². The standard InChI is InChI=1S/C16H24O3/c1-18-13-9-10-15(19-2)14(11-13)16(17)12-7-5-3-4-6-8-12/h9-12,16-17H,3-8H2,1-2H3. The number of aliphatic hydroxyl groups excluding tert-OH is 1. The van der Waals surface area contributed by atoms with Crippen LogP contribution in [0.15, 0.2) is 18.2 Å². The van der Waals surface area contributed by atoms with Gasteiger partial charge in [-0.1, -0.05) is 25.7 Å². The molecule has 3 nitrogen and oxygen atoms in total. The fourth-order valence-electron chi connectivity index (χ4n) is 2.95. The first-order valence-electron chi connectivity index (χ1n) is 7.16. The van der Waals surface area contributed by atoms with Gasteiger partial charge in [0.15, 0.2) is 0 Å². The fraction of sp³-hybridized carbons (Fsp3) is 0.625. The largest absolute Gasteiger partial charge is 0.497 e. The summed E-state index contributed by atoms with van der Waals surface area (Å²) in [5, 5.41) is 10.7. The average molecular weight is 264 g/mol. The van der Waals surface area contributed by atoms with Crippen molar-refractivity contribution in [3.8, 4) is 11.5 Å². The molecule has 1 aromatic rings. The maximum Gasteiger partial charge on any atom is 0.124 e. The number of methoxy groups -OCH3 is 2. The van der Waals surface area contributed by atoms with Crippen molar-refractivity contribution in [2.45, 2.75) is 44.6 Å². The average Bonchev–Trinajstić information content (AvgIpc) is 2.74. The van der Waals surface area contributed by atoms with Gasteiger partial charge in [0.25, 0.3) is 0 Å². The summed E-state index contributed by atoms with van der Waals surface area (Å²) in [6.45, 7) is 0. The van der Waals surface area contributed by atoms with Gasteiger partial charge in [-0.3, -0.25) is 0 Å². The van der Waals surface area contributed by atoms with Crippen molar-refractivity contribution in [2.75, 3.05) is 14.2 Å². The van der Waals surface area contributed by atoms with Crippen LogP contribution in [0.1, 0.15) is 50.2 Å². The van der Waals surface area contributed by atoms with Crippen LogP contribution in [0.2, 0.25) is 0 Å². The third kappa shape index (κ3) is 3.41. The molecule has 1 fully saturated rings. The van der Waals surface area contributed by atoms with Gasteiger partial charge in [-0.15, -0.1) is 0 Å². The number of hydrogen-bond donors (Lipinski definition) is 1. The molecule has 1 N–H and O–H groups in total. The van der Waals surface area contributed by atoms with Crippen LogP contribution < -0.4 is 9.47 Å². The van der Waals surface area contributed by atoms with E-state index in [2.05, 4.69) is 0 Å². The van der Waals surface area contributed by atoms with Crippen molar-refractivity contribution in [1.82, 2.24) is 0 Å². The fourth-order valence-corrected chi connectivity index (χ4v) is 2.95. The molecule has 1 aromatic carbocycles. The van der Waals surface area contributed by atoms with E-state index in [4.69, 9.17) is 9.47 Å². The van der Waals surface area contributed by atoms with Crippen LogP contribution >= 0.6 is 0 Å². The summed E-state index contributed by atoms with van der Waals surface area (Å²) in [6, 6.07) is 5.63. The van der Waals surface area contributed by atoms with E-state index in [9.17, 15) is 5.11 Å². The lowest BCUT2D eigenvalue weighted by atomic mass is 9.89. The van der Waals surface area contributed by atoms with Crippen LogP contribution in [0.3, 0.4) is 0 Å². The number of aliphatic hydroxyl groups is 1. The molecule has 1 unspecified atom stereocenters. The second-order valence-electron chi connectivity index (χ2n) is 5.30. The van der Waals surface area contributed by atoms with Gasteiger partial charge in [0.05, 0.1) is 20.3 Å². The Hall–Kier alpha value is -1.22. The van der Waals surface area contributed by atoms with E-state index in [1.165, 1.54) is 25.7 Å². The molecule has 0 aliphatic heterocycles. The van der Waals surface area contributed by atoms with Crippen molar-refractivity contribution in [1.29, 1.82) is 0 Å². The Kier molecular flexibility index (Phi) is 5.08. The minimum atomic E-state index is -0.455. The van der Waals surface area contributed by atoms with E-state index < -0.39 is 6.10 Å². The number of rotatable bonds is 4. The van der Waals surface area contributed by atoms with E-state index in [0.29, 0.717) is 5.92 Å². The molecular weight excluding hydrogens is 240 g/mol. The zero-order valence-corrected chi connectivity index (χ0v) is 11.9. The van der Waals surface area contributed by atoms with Gasteiger partial charge in [0.1, 0.15) is 11.5 Å². The molecule has 0 aromatic heterocycles. The third-order valence-corrected chi connectivity index (χ3v) is 4.10.